The number of aliphatic hydroxyl groups is 1. The van der Waals surface area contributed by atoms with Gasteiger partial charge < -0.3 is 10.0 Å². The Morgan fingerprint density at radius 3 is 2.42 bits per heavy atom. The molecule has 3 aliphatic heterocycles. The summed E-state index contributed by atoms with van der Waals surface area (Å²) in [4.78, 5) is 23.2. The highest BCUT2D eigenvalue weighted by Gasteiger charge is 2.51. The first-order valence-electron chi connectivity index (χ1n) is 14.3. The fourth-order valence-electron chi connectivity index (χ4n) is 7.22. The Morgan fingerprint density at radius 1 is 1.07 bits per heavy atom. The predicted molar refractivity (Wildman–Crippen MR) is 161 cm³/mol. The molecule has 4 aliphatic rings. The van der Waals surface area contributed by atoms with Crippen molar-refractivity contribution in [3.63, 3.8) is 0 Å². The zero-order valence-corrected chi connectivity index (χ0v) is 23.6. The summed E-state index contributed by atoms with van der Waals surface area (Å²) in [6.45, 7) is 9.02. The lowest BCUT2D eigenvalue weighted by Gasteiger charge is -2.41. The third-order valence-corrected chi connectivity index (χ3v) is 8.99. The third kappa shape index (κ3) is 4.24. The number of allylic oxidation sites excluding steroid dienone is 1. The second-order valence-electron chi connectivity index (χ2n) is 11.6. The van der Waals surface area contributed by atoms with Gasteiger partial charge in [0.05, 0.1) is 17.6 Å². The maximum atomic E-state index is 14.1. The second kappa shape index (κ2) is 10.5. The molecule has 3 aromatic rings. The first-order chi connectivity index (χ1) is 19.4. The maximum Gasteiger partial charge on any atom is 0.237 e. The number of hydrogen-bond acceptors (Lipinski definition) is 6. The van der Waals surface area contributed by atoms with Gasteiger partial charge in [-0.1, -0.05) is 60.7 Å². The van der Waals surface area contributed by atoms with Crippen LogP contribution in [0.15, 0.2) is 78.3 Å². The highest BCUT2D eigenvalue weighted by Crippen LogP contribution is 2.49. The molecule has 1 amide bonds. The summed E-state index contributed by atoms with van der Waals surface area (Å²) in [5.41, 5.74) is 7.10. The molecule has 0 aromatic heterocycles. The number of para-hydroxylation sites is 1. The van der Waals surface area contributed by atoms with Crippen LogP contribution in [0.4, 0.5) is 5.69 Å². The van der Waals surface area contributed by atoms with Gasteiger partial charge in [0.2, 0.25) is 5.91 Å². The van der Waals surface area contributed by atoms with Crippen molar-refractivity contribution in [2.24, 2.45) is 4.99 Å². The van der Waals surface area contributed by atoms with Crippen LogP contribution in [-0.2, 0) is 10.2 Å². The van der Waals surface area contributed by atoms with Gasteiger partial charge in [-0.05, 0) is 60.2 Å². The number of anilines is 1. The number of nitrogens with zero attached hydrogens (tertiary/aromatic N) is 4. The number of benzene rings is 3. The van der Waals surface area contributed by atoms with Gasteiger partial charge in [-0.3, -0.25) is 19.7 Å². The number of piperidine rings is 1. The summed E-state index contributed by atoms with van der Waals surface area (Å²) < 4.78 is 0. The molecule has 4 unspecified atom stereocenters. The molecule has 2 N–H and O–H groups in total. The Hall–Kier alpha value is -3.52. The molecular weight excluding hydrogens is 498 g/mol. The van der Waals surface area contributed by atoms with Crippen LogP contribution >= 0.6 is 0 Å². The lowest BCUT2D eigenvalue weighted by atomic mass is 9.79. The molecule has 0 radical (unpaired) electrons. The van der Waals surface area contributed by atoms with Crippen LogP contribution in [0.1, 0.15) is 61.9 Å². The van der Waals surface area contributed by atoms with Gasteiger partial charge in [0, 0.05) is 38.3 Å². The zero-order chi connectivity index (χ0) is 28.0. The summed E-state index contributed by atoms with van der Waals surface area (Å²) in [6.07, 6.45) is 5.29. The fourth-order valence-corrected chi connectivity index (χ4v) is 7.22. The maximum absolute atomic E-state index is 14.1. The number of likely N-dealkylation sites (tertiary alicyclic amines) is 1. The van der Waals surface area contributed by atoms with Crippen molar-refractivity contribution >= 4 is 28.7 Å². The summed E-state index contributed by atoms with van der Waals surface area (Å²) in [6, 6.07) is 21.0. The number of rotatable bonds is 4. The van der Waals surface area contributed by atoms with E-state index in [1.165, 1.54) is 16.3 Å². The van der Waals surface area contributed by atoms with Gasteiger partial charge in [-0.25, -0.2) is 5.43 Å². The van der Waals surface area contributed by atoms with Crippen molar-refractivity contribution < 1.29 is 9.90 Å². The van der Waals surface area contributed by atoms with E-state index in [4.69, 9.17) is 0 Å². The second-order valence-corrected chi connectivity index (χ2v) is 11.6. The molecule has 40 heavy (non-hydrogen) atoms. The molecule has 3 aromatic carbocycles. The van der Waals surface area contributed by atoms with Gasteiger partial charge in [0.1, 0.15) is 12.5 Å². The van der Waals surface area contributed by atoms with Gasteiger partial charge >= 0.3 is 0 Å². The molecule has 0 bridgehead atoms. The standard InChI is InChI=1S/C30H33N5O2.C3H6/c1-30(17-25-31-18-33(2)32-25)23-11-3-4-12-24(23)35(29(30)37)20-13-15-34(16-14-20)27-21-9-5-7-19-8-6-10-22(26(19)21)28(27)36;1-3-2/h3-12,18,20,25,27-28,32,36H,13-17H2,1-2H3;3H,1H2,2H3. The number of fused-ring (bicyclic) bond motifs is 1. The molecule has 208 valence electrons. The summed E-state index contributed by atoms with van der Waals surface area (Å²) in [5.74, 6) is 0.178. The topological polar surface area (TPSA) is 71.4 Å². The molecule has 1 aliphatic carbocycles. The quantitative estimate of drug-likeness (QED) is 0.454. The molecule has 7 nitrogen and oxygen atoms in total. The Balaban J connectivity index is 0.000000925. The minimum atomic E-state index is -0.618. The van der Waals surface area contributed by atoms with E-state index in [2.05, 4.69) is 76.2 Å². The summed E-state index contributed by atoms with van der Waals surface area (Å²) >= 11 is 0. The van der Waals surface area contributed by atoms with E-state index in [9.17, 15) is 9.90 Å². The van der Waals surface area contributed by atoms with E-state index in [-0.39, 0.29) is 24.2 Å². The Labute approximate surface area is 236 Å². The van der Waals surface area contributed by atoms with Crippen LogP contribution < -0.4 is 10.3 Å². The average molecular weight is 538 g/mol. The summed E-state index contributed by atoms with van der Waals surface area (Å²) in [5, 5.41) is 15.6. The van der Waals surface area contributed by atoms with Crippen LogP contribution in [0.5, 0.6) is 0 Å². The normalized spacial score (nSPS) is 27.7. The minimum Gasteiger partial charge on any atom is -0.386 e. The lowest BCUT2D eigenvalue weighted by molar-refractivity contribution is -0.123. The molecule has 1 saturated heterocycles. The number of hydrogen-bond donors (Lipinski definition) is 2. The van der Waals surface area contributed by atoms with E-state index in [0.717, 1.165) is 42.7 Å². The molecule has 7 heteroatoms. The highest BCUT2D eigenvalue weighted by molar-refractivity contribution is 6.08. The molecule has 3 heterocycles. The molecule has 1 fully saturated rings. The van der Waals surface area contributed by atoms with Crippen molar-refractivity contribution in [2.45, 2.75) is 62.9 Å². The smallest absolute Gasteiger partial charge is 0.237 e. The van der Waals surface area contributed by atoms with Gasteiger partial charge in [-0.2, -0.15) is 0 Å². The van der Waals surface area contributed by atoms with Gasteiger partial charge in [0.15, 0.2) is 0 Å². The number of carbonyl (C=O) groups excluding carboxylic acids is 1. The van der Waals surface area contributed by atoms with E-state index in [1.807, 2.05) is 37.2 Å². The minimum absolute atomic E-state index is 0.0304. The van der Waals surface area contributed by atoms with Crippen LogP contribution in [0, 0.1) is 0 Å². The van der Waals surface area contributed by atoms with Crippen LogP contribution in [0.2, 0.25) is 0 Å². The number of nitrogens with one attached hydrogen (secondary N) is 1. The number of hydrazine groups is 1. The Bertz CT molecular complexity index is 1460. The highest BCUT2D eigenvalue weighted by atomic mass is 16.3. The molecule has 0 saturated carbocycles. The summed E-state index contributed by atoms with van der Waals surface area (Å²) in [7, 11) is 1.93. The first-order valence-corrected chi connectivity index (χ1v) is 14.3. The van der Waals surface area contributed by atoms with E-state index in [0.29, 0.717) is 6.42 Å². The lowest BCUT2D eigenvalue weighted by Crippen LogP contribution is -2.51. The largest absolute Gasteiger partial charge is 0.386 e. The number of aliphatic imine (C=N–C) groups is 1. The fraction of sp³-hybridized carbons (Fsp3) is 0.394. The Morgan fingerprint density at radius 2 is 1.75 bits per heavy atom. The number of amides is 1. The van der Waals surface area contributed by atoms with Crippen molar-refractivity contribution in [2.75, 3.05) is 25.0 Å². The molecular formula is C33H39N5O2. The molecule has 4 atom stereocenters. The van der Waals surface area contributed by atoms with Crippen LogP contribution in [0.25, 0.3) is 10.8 Å². The van der Waals surface area contributed by atoms with Gasteiger partial charge in [0.25, 0.3) is 0 Å². The predicted octanol–water partition coefficient (Wildman–Crippen LogP) is 5.08. The third-order valence-electron chi connectivity index (χ3n) is 8.99. The van der Waals surface area contributed by atoms with E-state index >= 15 is 0 Å². The van der Waals surface area contributed by atoms with E-state index in [1.54, 1.807) is 12.4 Å². The van der Waals surface area contributed by atoms with Gasteiger partial charge in [-0.15, -0.1) is 6.58 Å². The monoisotopic (exact) mass is 537 g/mol. The SMILES string of the molecule is C=CC.CN1C=NC(CC2(C)C(=O)N(C3CCN(C4c5cccc6cccc(c56)C4O)CC3)c3ccccc32)N1. The molecule has 7 rings (SSSR count). The van der Waals surface area contributed by atoms with Crippen molar-refractivity contribution in [1.82, 2.24) is 15.3 Å². The van der Waals surface area contributed by atoms with Crippen LogP contribution in [-0.4, -0.2) is 59.6 Å². The van der Waals surface area contributed by atoms with Crippen molar-refractivity contribution in [3.8, 4) is 0 Å². The Kier molecular flexibility index (Phi) is 6.98. The van der Waals surface area contributed by atoms with Crippen molar-refractivity contribution in [1.29, 1.82) is 0 Å². The van der Waals surface area contributed by atoms with Crippen LogP contribution in [0.3, 0.4) is 0 Å². The van der Waals surface area contributed by atoms with E-state index < -0.39 is 11.5 Å². The number of carbonyl (C=O) groups is 1. The first kappa shape index (κ1) is 26.7. The molecule has 0 spiro atoms. The number of aliphatic hydroxyl groups excluding tert-OH is 1. The van der Waals surface area contributed by atoms with Crippen molar-refractivity contribution in [3.05, 3.63) is 90.0 Å². The average Bonchev–Trinajstić information content (AvgIpc) is 3.57. The zero-order valence-electron chi connectivity index (χ0n) is 23.6.